The maximum atomic E-state index is 12.0. The lowest BCUT2D eigenvalue weighted by atomic mass is 9.93. The Labute approximate surface area is 159 Å². The molecule has 2 rings (SSSR count). The molecule has 26 heavy (non-hydrogen) atoms. The van der Waals surface area contributed by atoms with Gasteiger partial charge in [-0.2, -0.15) is 0 Å². The second kappa shape index (κ2) is 11.5. The molecule has 8 heteroatoms. The van der Waals surface area contributed by atoms with Gasteiger partial charge in [0.05, 0.1) is 7.11 Å². The largest absolute Gasteiger partial charge is 0.468 e. The lowest BCUT2D eigenvalue weighted by molar-refractivity contribution is -0.139. The molecule has 3 N–H and O–H groups in total. The Morgan fingerprint density at radius 3 is 2.42 bits per heavy atom. The highest BCUT2D eigenvalue weighted by atomic mass is 35.5. The van der Waals surface area contributed by atoms with Gasteiger partial charge in [-0.05, 0) is 62.5 Å². The summed E-state index contributed by atoms with van der Waals surface area (Å²) in [5, 5.41) is 8.62. The van der Waals surface area contributed by atoms with E-state index < -0.39 is 5.97 Å². The van der Waals surface area contributed by atoms with Gasteiger partial charge in [-0.25, -0.2) is 0 Å². The van der Waals surface area contributed by atoms with E-state index >= 15 is 0 Å². The molecule has 0 unspecified atom stereocenters. The van der Waals surface area contributed by atoms with Crippen LogP contribution in [-0.2, 0) is 14.3 Å². The van der Waals surface area contributed by atoms with Gasteiger partial charge in [0, 0.05) is 17.7 Å². The van der Waals surface area contributed by atoms with Crippen LogP contribution in [-0.4, -0.2) is 44.5 Å². The maximum absolute atomic E-state index is 12.0. The van der Waals surface area contributed by atoms with E-state index in [4.69, 9.17) is 0 Å². The van der Waals surface area contributed by atoms with Gasteiger partial charge in [-0.15, -0.1) is 12.4 Å². The molecule has 1 aromatic carbocycles. The van der Waals surface area contributed by atoms with Gasteiger partial charge >= 0.3 is 5.97 Å². The maximum Gasteiger partial charge on any atom is 0.325 e. The third kappa shape index (κ3) is 7.41. The number of methoxy groups -OCH3 is 1. The molecule has 0 bridgehead atoms. The molecule has 1 fully saturated rings. The number of hydrogen-bond donors (Lipinski definition) is 3. The Bertz CT molecular complexity index is 601. The van der Waals surface area contributed by atoms with E-state index in [-0.39, 0.29) is 30.8 Å². The number of hydrogen-bond acceptors (Lipinski definition) is 5. The average Bonchev–Trinajstić information content (AvgIpc) is 2.65. The van der Waals surface area contributed by atoms with Crippen molar-refractivity contribution in [3.63, 3.8) is 0 Å². The molecule has 1 aromatic rings. The summed E-state index contributed by atoms with van der Waals surface area (Å²) in [6, 6.07) is 6.56. The molecule has 0 spiro atoms. The van der Waals surface area contributed by atoms with Crippen molar-refractivity contribution in [1.29, 1.82) is 0 Å². The Morgan fingerprint density at radius 1 is 1.15 bits per heavy atom. The third-order valence-electron chi connectivity index (χ3n) is 4.29. The summed E-state index contributed by atoms with van der Waals surface area (Å²) in [7, 11) is 1.26. The number of nitrogens with one attached hydrogen (secondary N) is 3. The monoisotopic (exact) mass is 383 g/mol. The van der Waals surface area contributed by atoms with Crippen molar-refractivity contribution in [1.82, 2.24) is 10.6 Å². The summed E-state index contributed by atoms with van der Waals surface area (Å²) in [5.41, 5.74) is 1.07. The normalized spacial score (nSPS) is 14.0. The van der Waals surface area contributed by atoms with Crippen LogP contribution in [0.1, 0.15) is 36.0 Å². The third-order valence-corrected chi connectivity index (χ3v) is 4.29. The molecule has 0 aliphatic carbocycles. The zero-order valence-corrected chi connectivity index (χ0v) is 15.7. The van der Waals surface area contributed by atoms with E-state index in [0.717, 1.165) is 32.4 Å². The van der Waals surface area contributed by atoms with Gasteiger partial charge in [0.15, 0.2) is 0 Å². The quantitative estimate of drug-likeness (QED) is 0.623. The molecular weight excluding hydrogens is 358 g/mol. The Kier molecular flexibility index (Phi) is 9.69. The first-order valence-corrected chi connectivity index (χ1v) is 8.54. The van der Waals surface area contributed by atoms with Gasteiger partial charge in [0.2, 0.25) is 5.91 Å². The van der Waals surface area contributed by atoms with Gasteiger partial charge < -0.3 is 20.7 Å². The van der Waals surface area contributed by atoms with E-state index in [1.165, 1.54) is 7.11 Å². The molecule has 1 heterocycles. The number of rotatable bonds is 7. The standard InChI is InChI=1S/C18H25N3O4.ClH/c1-25-17(23)12-20-18(24)14-3-5-15(6-4-14)21-16(22)7-2-13-8-10-19-11-9-13;/h3-6,13,19H,2,7-12H2,1H3,(H,20,24)(H,21,22);1H. The van der Waals surface area contributed by atoms with Crippen LogP contribution in [0.3, 0.4) is 0 Å². The zero-order chi connectivity index (χ0) is 18.1. The summed E-state index contributed by atoms with van der Waals surface area (Å²) >= 11 is 0. The predicted molar refractivity (Wildman–Crippen MR) is 101 cm³/mol. The van der Waals surface area contributed by atoms with E-state index in [1.807, 2.05) is 0 Å². The first-order chi connectivity index (χ1) is 12.1. The van der Waals surface area contributed by atoms with Gasteiger partial charge in [-0.3, -0.25) is 14.4 Å². The highest BCUT2D eigenvalue weighted by Crippen LogP contribution is 2.18. The first-order valence-electron chi connectivity index (χ1n) is 8.54. The molecule has 1 saturated heterocycles. The molecule has 144 valence electrons. The number of esters is 1. The highest BCUT2D eigenvalue weighted by molar-refractivity contribution is 5.97. The summed E-state index contributed by atoms with van der Waals surface area (Å²) in [6.07, 6.45) is 3.67. The number of carbonyl (C=O) groups is 3. The van der Waals surface area contributed by atoms with Crippen LogP contribution in [0, 0.1) is 5.92 Å². The lowest BCUT2D eigenvalue weighted by Gasteiger charge is -2.22. The molecule has 1 aliphatic heterocycles. The van der Waals surface area contributed by atoms with Crippen LogP contribution in [0.15, 0.2) is 24.3 Å². The molecule has 2 amide bonds. The SMILES string of the molecule is COC(=O)CNC(=O)c1ccc(NC(=O)CCC2CCNCC2)cc1.Cl. The molecule has 7 nitrogen and oxygen atoms in total. The highest BCUT2D eigenvalue weighted by Gasteiger charge is 2.14. The molecule has 0 radical (unpaired) electrons. The van der Waals surface area contributed by atoms with Gasteiger partial charge in [0.1, 0.15) is 6.54 Å². The van der Waals surface area contributed by atoms with Crippen LogP contribution in [0.25, 0.3) is 0 Å². The first kappa shape index (κ1) is 21.9. The number of ether oxygens (including phenoxy) is 1. The lowest BCUT2D eigenvalue weighted by Crippen LogP contribution is -2.30. The average molecular weight is 384 g/mol. The van der Waals surface area contributed by atoms with E-state index in [9.17, 15) is 14.4 Å². The number of carbonyl (C=O) groups excluding carboxylic acids is 3. The Balaban J connectivity index is 0.00000338. The summed E-state index contributed by atoms with van der Waals surface area (Å²) < 4.78 is 4.46. The number of halogens is 1. The Morgan fingerprint density at radius 2 is 1.81 bits per heavy atom. The van der Waals surface area contributed by atoms with E-state index in [0.29, 0.717) is 23.6 Å². The van der Waals surface area contributed by atoms with Gasteiger partial charge in [-0.1, -0.05) is 0 Å². The van der Waals surface area contributed by atoms with Crippen LogP contribution in [0.2, 0.25) is 0 Å². The molecule has 0 atom stereocenters. The van der Waals surface area contributed by atoms with Crippen molar-refractivity contribution in [2.75, 3.05) is 32.1 Å². The van der Waals surface area contributed by atoms with E-state index in [1.54, 1.807) is 24.3 Å². The van der Waals surface area contributed by atoms with Crippen molar-refractivity contribution in [2.24, 2.45) is 5.92 Å². The fraction of sp³-hybridized carbons (Fsp3) is 0.500. The molecule has 0 aromatic heterocycles. The summed E-state index contributed by atoms with van der Waals surface area (Å²) in [5.74, 6) is -0.269. The fourth-order valence-electron chi connectivity index (χ4n) is 2.76. The van der Waals surface area contributed by atoms with Crippen molar-refractivity contribution in [3.8, 4) is 0 Å². The van der Waals surface area contributed by atoms with Crippen molar-refractivity contribution in [3.05, 3.63) is 29.8 Å². The minimum Gasteiger partial charge on any atom is -0.468 e. The van der Waals surface area contributed by atoms with Crippen molar-refractivity contribution in [2.45, 2.75) is 25.7 Å². The van der Waals surface area contributed by atoms with Crippen LogP contribution >= 0.6 is 12.4 Å². The zero-order valence-electron chi connectivity index (χ0n) is 14.9. The second-order valence-electron chi connectivity index (χ2n) is 6.12. The number of benzene rings is 1. The fourth-order valence-corrected chi connectivity index (χ4v) is 2.76. The molecule has 0 saturated carbocycles. The van der Waals surface area contributed by atoms with E-state index in [2.05, 4.69) is 20.7 Å². The minimum atomic E-state index is -0.508. The number of anilines is 1. The Hall–Kier alpha value is -2.12. The van der Waals surface area contributed by atoms with Crippen LogP contribution < -0.4 is 16.0 Å². The smallest absolute Gasteiger partial charge is 0.325 e. The minimum absolute atomic E-state index is 0. The second-order valence-corrected chi connectivity index (χ2v) is 6.12. The topological polar surface area (TPSA) is 96.5 Å². The van der Waals surface area contributed by atoms with Crippen molar-refractivity contribution >= 4 is 35.9 Å². The summed E-state index contributed by atoms with van der Waals surface area (Å²) in [4.78, 5) is 34.9. The van der Waals surface area contributed by atoms with Gasteiger partial charge in [0.25, 0.3) is 5.91 Å². The predicted octanol–water partition coefficient (Wildman–Crippen LogP) is 1.73. The molecular formula is C18H26ClN3O4. The van der Waals surface area contributed by atoms with Crippen LogP contribution in [0.4, 0.5) is 5.69 Å². The van der Waals surface area contributed by atoms with Crippen LogP contribution in [0.5, 0.6) is 0 Å². The van der Waals surface area contributed by atoms with Crippen molar-refractivity contribution < 1.29 is 19.1 Å². The summed E-state index contributed by atoms with van der Waals surface area (Å²) in [6.45, 7) is 1.89. The number of amides is 2. The molecule has 1 aliphatic rings. The number of piperidine rings is 1.